The normalized spacial score (nSPS) is 15.8. The van der Waals surface area contributed by atoms with E-state index in [-0.39, 0.29) is 18.3 Å². The number of likely N-dealkylation sites (tertiary alicyclic amines) is 1. The number of hydrogen-bond acceptors (Lipinski definition) is 6. The maximum Gasteiger partial charge on any atom is 0.245 e. The molecule has 1 aliphatic rings. The number of carbonyl (C=O) groups excluding carboxylic acids is 1. The van der Waals surface area contributed by atoms with Crippen molar-refractivity contribution in [2.45, 2.75) is 19.4 Å². The Balaban J connectivity index is 1.80. The molecule has 3 N–H and O–H groups in total. The number of amides is 1. The monoisotopic (exact) mass is 436 g/mol. The number of anilines is 1. The molecule has 31 heavy (non-hydrogen) atoms. The third-order valence-electron chi connectivity index (χ3n) is 5.24. The third kappa shape index (κ3) is 4.13. The van der Waals surface area contributed by atoms with E-state index in [1.165, 1.54) is 6.07 Å². The predicted molar refractivity (Wildman–Crippen MR) is 120 cm³/mol. The Morgan fingerprint density at radius 3 is 2.81 bits per heavy atom. The Kier molecular flexibility index (Phi) is 5.94. The molecule has 0 bridgehead atoms. The van der Waals surface area contributed by atoms with Crippen LogP contribution in [0, 0.1) is 11.8 Å². The van der Waals surface area contributed by atoms with Crippen LogP contribution in [0.25, 0.3) is 22.0 Å². The number of carbonyl (C=O) groups is 1. The number of phenolic OH excluding ortho intramolecular Hbond substituents is 1. The van der Waals surface area contributed by atoms with Crippen molar-refractivity contribution in [3.63, 3.8) is 0 Å². The number of aromatic nitrogens is 2. The molecule has 4 rings (SSSR count). The van der Waals surface area contributed by atoms with E-state index in [0.717, 1.165) is 16.3 Å². The molecule has 3 aromatic rings. The molecule has 1 amide bonds. The van der Waals surface area contributed by atoms with E-state index in [9.17, 15) is 9.90 Å². The van der Waals surface area contributed by atoms with Gasteiger partial charge in [-0.25, -0.2) is 0 Å². The molecule has 1 fully saturated rings. The van der Waals surface area contributed by atoms with Gasteiger partial charge in [0.1, 0.15) is 17.5 Å². The van der Waals surface area contributed by atoms with E-state index < -0.39 is 6.04 Å². The molecule has 8 heteroatoms. The number of nitrogens with one attached hydrogen (secondary N) is 1. The van der Waals surface area contributed by atoms with Gasteiger partial charge in [-0.15, -0.1) is 16.1 Å². The molecule has 0 radical (unpaired) electrons. The Morgan fingerprint density at radius 2 is 2.06 bits per heavy atom. The highest BCUT2D eigenvalue weighted by Gasteiger charge is 2.32. The highest BCUT2D eigenvalue weighted by atomic mass is 35.5. The van der Waals surface area contributed by atoms with E-state index in [1.807, 2.05) is 18.2 Å². The lowest BCUT2D eigenvalue weighted by atomic mass is 10.0. The first-order valence-electron chi connectivity index (χ1n) is 9.90. The number of benzene rings is 2. The number of nitrogens with zero attached hydrogens (tertiary/aromatic N) is 3. The van der Waals surface area contributed by atoms with Crippen LogP contribution in [0.2, 0.25) is 5.02 Å². The van der Waals surface area contributed by atoms with Gasteiger partial charge in [0.2, 0.25) is 5.91 Å². The van der Waals surface area contributed by atoms with Gasteiger partial charge in [0.25, 0.3) is 0 Å². The SMILES string of the molecule is CC#Cc1ccc2c(-c3ccc(Cl)cc3O)nnc(N[C@@H]3CCN(CCO)C3=O)c2c1. The van der Waals surface area contributed by atoms with Crippen LogP contribution in [-0.4, -0.2) is 57.0 Å². The van der Waals surface area contributed by atoms with Crippen molar-refractivity contribution in [2.24, 2.45) is 0 Å². The Morgan fingerprint density at radius 1 is 1.23 bits per heavy atom. The largest absolute Gasteiger partial charge is 0.507 e. The van der Waals surface area contributed by atoms with E-state index >= 15 is 0 Å². The average molecular weight is 437 g/mol. The van der Waals surface area contributed by atoms with E-state index in [0.29, 0.717) is 41.6 Å². The molecule has 0 aliphatic carbocycles. The first-order chi connectivity index (χ1) is 15.0. The molecule has 0 saturated carbocycles. The van der Waals surface area contributed by atoms with Crippen LogP contribution < -0.4 is 5.32 Å². The maximum absolute atomic E-state index is 12.6. The van der Waals surface area contributed by atoms with Crippen molar-refractivity contribution in [3.05, 3.63) is 47.0 Å². The zero-order valence-corrected chi connectivity index (χ0v) is 17.6. The lowest BCUT2D eigenvalue weighted by Crippen LogP contribution is -2.35. The molecule has 1 atom stereocenters. The molecule has 0 spiro atoms. The Labute approximate surface area is 184 Å². The zero-order chi connectivity index (χ0) is 22.0. The summed E-state index contributed by atoms with van der Waals surface area (Å²) in [6.45, 7) is 2.58. The van der Waals surface area contributed by atoms with Gasteiger partial charge in [0, 0.05) is 40.0 Å². The number of β-amino-alcohol motifs (C(OH)–C–C–N with tert-alkyl or cyclic N) is 1. The van der Waals surface area contributed by atoms with Crippen molar-refractivity contribution in [3.8, 4) is 28.8 Å². The second kappa shape index (κ2) is 8.80. The summed E-state index contributed by atoms with van der Waals surface area (Å²) in [5.74, 6) is 6.32. The quantitative estimate of drug-likeness (QED) is 0.532. The molecule has 158 valence electrons. The van der Waals surface area contributed by atoms with Crippen molar-refractivity contribution >= 4 is 34.1 Å². The smallest absolute Gasteiger partial charge is 0.245 e. The molecule has 0 unspecified atom stereocenters. The summed E-state index contributed by atoms with van der Waals surface area (Å²) >= 11 is 5.97. The fourth-order valence-electron chi connectivity index (χ4n) is 3.77. The van der Waals surface area contributed by atoms with Crippen LogP contribution in [0.3, 0.4) is 0 Å². The average Bonchev–Trinajstić information content (AvgIpc) is 3.09. The minimum atomic E-state index is -0.445. The fourth-order valence-corrected chi connectivity index (χ4v) is 3.93. The number of rotatable bonds is 5. The van der Waals surface area contributed by atoms with Crippen LogP contribution >= 0.6 is 11.6 Å². The van der Waals surface area contributed by atoms with Gasteiger partial charge in [0.05, 0.1) is 6.61 Å². The molecule has 1 aliphatic heterocycles. The van der Waals surface area contributed by atoms with Crippen LogP contribution in [0.1, 0.15) is 18.9 Å². The van der Waals surface area contributed by atoms with Gasteiger partial charge in [-0.3, -0.25) is 4.79 Å². The molecule has 1 aromatic heterocycles. The third-order valence-corrected chi connectivity index (χ3v) is 5.48. The van der Waals surface area contributed by atoms with Crippen LogP contribution in [0.4, 0.5) is 5.82 Å². The van der Waals surface area contributed by atoms with E-state index in [2.05, 4.69) is 27.4 Å². The number of fused-ring (bicyclic) bond motifs is 1. The van der Waals surface area contributed by atoms with Crippen LogP contribution in [0.5, 0.6) is 5.75 Å². The Hall–Kier alpha value is -3.34. The lowest BCUT2D eigenvalue weighted by molar-refractivity contribution is -0.128. The Bertz CT molecular complexity index is 1220. The van der Waals surface area contributed by atoms with Gasteiger partial charge in [0.15, 0.2) is 5.82 Å². The van der Waals surface area contributed by atoms with Gasteiger partial charge < -0.3 is 20.4 Å². The van der Waals surface area contributed by atoms with Crippen molar-refractivity contribution in [1.29, 1.82) is 0 Å². The van der Waals surface area contributed by atoms with E-state index in [1.54, 1.807) is 24.0 Å². The summed E-state index contributed by atoms with van der Waals surface area (Å²) in [6, 6.07) is 10.0. The van der Waals surface area contributed by atoms with Crippen molar-refractivity contribution < 1.29 is 15.0 Å². The van der Waals surface area contributed by atoms with E-state index in [4.69, 9.17) is 16.7 Å². The van der Waals surface area contributed by atoms with Crippen LogP contribution in [-0.2, 0) is 4.79 Å². The number of phenols is 1. The standard InChI is InChI=1S/C23H21ClN4O3/c1-2-3-14-4-6-16-18(12-14)22(25-19-8-9-28(10-11-29)23(19)31)27-26-21(16)17-7-5-15(24)13-20(17)30/h4-7,12-13,19,29-30H,8-11H2,1H3,(H,25,27)/t19-/m1/s1. The number of aliphatic hydroxyl groups is 1. The molecule has 1 saturated heterocycles. The van der Waals surface area contributed by atoms with Crippen molar-refractivity contribution in [2.75, 3.05) is 25.0 Å². The highest BCUT2D eigenvalue weighted by molar-refractivity contribution is 6.30. The van der Waals surface area contributed by atoms with Crippen molar-refractivity contribution in [1.82, 2.24) is 15.1 Å². The minimum Gasteiger partial charge on any atom is -0.507 e. The lowest BCUT2D eigenvalue weighted by Gasteiger charge is -2.17. The molecule has 7 nitrogen and oxygen atoms in total. The topological polar surface area (TPSA) is 98.6 Å². The van der Waals surface area contributed by atoms with Gasteiger partial charge in [-0.2, -0.15) is 0 Å². The fraction of sp³-hybridized carbons (Fsp3) is 0.261. The highest BCUT2D eigenvalue weighted by Crippen LogP contribution is 2.36. The summed E-state index contributed by atoms with van der Waals surface area (Å²) < 4.78 is 0. The number of halogens is 1. The minimum absolute atomic E-state index is 0.00634. The number of hydrogen-bond donors (Lipinski definition) is 3. The molecular formula is C23H21ClN4O3. The summed E-state index contributed by atoms with van der Waals surface area (Å²) in [5, 5.41) is 33.4. The number of aliphatic hydroxyl groups excluding tert-OH is 1. The van der Waals surface area contributed by atoms with Gasteiger partial charge in [-0.1, -0.05) is 23.6 Å². The molecular weight excluding hydrogens is 416 g/mol. The first-order valence-corrected chi connectivity index (χ1v) is 10.3. The second-order valence-corrected chi connectivity index (χ2v) is 7.66. The first kappa shape index (κ1) is 20.9. The maximum atomic E-state index is 12.6. The van der Waals surface area contributed by atoms with Crippen LogP contribution in [0.15, 0.2) is 36.4 Å². The summed E-state index contributed by atoms with van der Waals surface area (Å²) in [5.41, 5.74) is 1.82. The predicted octanol–water partition coefficient (Wildman–Crippen LogP) is 3.03. The molecule has 2 aromatic carbocycles. The summed E-state index contributed by atoms with van der Waals surface area (Å²) in [6.07, 6.45) is 0.607. The second-order valence-electron chi connectivity index (χ2n) is 7.23. The zero-order valence-electron chi connectivity index (χ0n) is 16.9. The number of aromatic hydroxyl groups is 1. The van der Waals surface area contributed by atoms with Gasteiger partial charge >= 0.3 is 0 Å². The van der Waals surface area contributed by atoms with Gasteiger partial charge in [-0.05, 0) is 43.7 Å². The summed E-state index contributed by atoms with van der Waals surface area (Å²) in [7, 11) is 0. The molecule has 2 heterocycles. The summed E-state index contributed by atoms with van der Waals surface area (Å²) in [4.78, 5) is 14.2.